The monoisotopic (exact) mass is 472 g/mol. The summed E-state index contributed by atoms with van der Waals surface area (Å²) in [7, 11) is 0. The zero-order chi connectivity index (χ0) is 24.4. The number of halogens is 2. The van der Waals surface area contributed by atoms with Gasteiger partial charge in [-0.3, -0.25) is 0 Å². The molecule has 0 saturated heterocycles. The van der Waals surface area contributed by atoms with E-state index < -0.39 is 12.6 Å². The van der Waals surface area contributed by atoms with Gasteiger partial charge in [0.05, 0.1) is 17.2 Å². The average molecular weight is 472 g/mol. The van der Waals surface area contributed by atoms with Crippen LogP contribution < -0.4 is 14.7 Å². The normalized spacial score (nSPS) is 16.4. The molecule has 5 rings (SSSR count). The Balaban J connectivity index is 1.62. The van der Waals surface area contributed by atoms with Crippen LogP contribution in [0.3, 0.4) is 0 Å². The van der Waals surface area contributed by atoms with E-state index in [2.05, 4.69) is 4.74 Å². The van der Waals surface area contributed by atoms with Crippen LogP contribution in [0, 0.1) is 0 Å². The summed E-state index contributed by atoms with van der Waals surface area (Å²) in [4.78, 5) is 18.3. The first kappa shape index (κ1) is 22.7. The average Bonchev–Trinajstić information content (AvgIpc) is 2.84. The number of carbonyl (C=O) groups excluding carboxylic acids is 1. The van der Waals surface area contributed by atoms with E-state index >= 15 is 0 Å². The molecule has 0 fully saturated rings. The number of quaternary nitrogens is 1. The molecule has 2 heterocycles. The Bertz CT molecular complexity index is 1400. The van der Waals surface area contributed by atoms with E-state index in [1.807, 2.05) is 42.5 Å². The maximum Gasteiger partial charge on any atom is 0.387 e. The lowest BCUT2D eigenvalue weighted by atomic mass is 9.91. The number of fused-ring (bicyclic) bond motifs is 2. The van der Waals surface area contributed by atoms with Crippen molar-refractivity contribution in [2.75, 3.05) is 6.54 Å². The summed E-state index contributed by atoms with van der Waals surface area (Å²) in [5.41, 5.74) is 4.82. The third kappa shape index (κ3) is 4.90. The van der Waals surface area contributed by atoms with Crippen molar-refractivity contribution in [2.24, 2.45) is 0 Å². The molecule has 1 atom stereocenters. The maximum atomic E-state index is 12.5. The number of nitrogens with zero attached hydrogens (tertiary/aromatic N) is 1. The van der Waals surface area contributed by atoms with Crippen LogP contribution in [0.5, 0.6) is 5.75 Å². The molecule has 1 aliphatic heterocycles. The molecule has 1 N–H and O–H groups in total. The summed E-state index contributed by atoms with van der Waals surface area (Å²) >= 11 is 0. The minimum absolute atomic E-state index is 0.0749. The third-order valence-electron chi connectivity index (χ3n) is 6.11. The first-order valence-electron chi connectivity index (χ1n) is 11.2. The van der Waals surface area contributed by atoms with Crippen molar-refractivity contribution >= 4 is 28.5 Å². The Morgan fingerprint density at radius 1 is 1.00 bits per heavy atom. The highest BCUT2D eigenvalue weighted by molar-refractivity contribution is 6.05. The highest BCUT2D eigenvalue weighted by atomic mass is 19.3. The molecule has 3 aromatic carbocycles. The van der Waals surface area contributed by atoms with Gasteiger partial charge in [-0.15, -0.1) is 0 Å². The van der Waals surface area contributed by atoms with Crippen LogP contribution in [0.15, 0.2) is 78.9 Å². The van der Waals surface area contributed by atoms with E-state index in [4.69, 9.17) is 4.98 Å². The zero-order valence-corrected chi connectivity index (χ0v) is 18.7. The largest absolute Gasteiger partial charge is 0.545 e. The molecule has 7 heteroatoms. The second-order valence-electron chi connectivity index (χ2n) is 8.50. The van der Waals surface area contributed by atoms with Crippen LogP contribution in [-0.2, 0) is 13.1 Å². The molecular weight excluding hydrogens is 450 g/mol. The lowest BCUT2D eigenvalue weighted by Gasteiger charge is -2.30. The highest BCUT2D eigenvalue weighted by Crippen LogP contribution is 2.30. The Morgan fingerprint density at radius 3 is 2.43 bits per heavy atom. The van der Waals surface area contributed by atoms with Crippen LogP contribution in [0.25, 0.3) is 22.6 Å². The number of carboxylic acid groups (broad SMARTS) is 1. The molecule has 1 unspecified atom stereocenters. The molecule has 1 aromatic heterocycles. The van der Waals surface area contributed by atoms with Crippen molar-refractivity contribution < 1.29 is 28.3 Å². The standard InChI is InChI=1S/C28H22F2N2O3/c29-28(30)35-21-12-10-18(11-13-21)14-20-16-32(15-19-6-2-1-3-7-19)17-23-25(27(33)34)22-8-4-5-9-24(22)31-26(20)23/h1-14,28H,15-17H2,(H,33,34)/b20-14+. The van der Waals surface area contributed by atoms with Gasteiger partial charge >= 0.3 is 6.61 Å². The number of rotatable bonds is 6. The van der Waals surface area contributed by atoms with Gasteiger partial charge in [0, 0.05) is 27.6 Å². The van der Waals surface area contributed by atoms with Gasteiger partial charge in [0.15, 0.2) is 0 Å². The summed E-state index contributed by atoms with van der Waals surface area (Å²) < 4.78 is 29.5. The van der Waals surface area contributed by atoms with Crippen molar-refractivity contribution in [3.63, 3.8) is 0 Å². The topological polar surface area (TPSA) is 66.7 Å². The van der Waals surface area contributed by atoms with E-state index in [-0.39, 0.29) is 11.3 Å². The molecule has 0 radical (unpaired) electrons. The molecule has 1 aliphatic rings. The Hall–Kier alpha value is -4.10. The van der Waals surface area contributed by atoms with Crippen molar-refractivity contribution in [2.45, 2.75) is 19.7 Å². The number of aromatic nitrogens is 1. The SMILES string of the molecule is O=C([O-])c1c2c(nc3ccccc13)/C(=C/c1ccc(OC(F)F)cc1)C[NH+](Cc1ccccc1)C2. The number of carbonyl (C=O) groups is 1. The van der Waals surface area contributed by atoms with Crippen LogP contribution >= 0.6 is 0 Å². The number of carboxylic acids is 1. The predicted octanol–water partition coefficient (Wildman–Crippen LogP) is 3.34. The lowest BCUT2D eigenvalue weighted by molar-refractivity contribution is -0.921. The smallest absolute Gasteiger partial charge is 0.387 e. The fourth-order valence-corrected chi connectivity index (χ4v) is 4.66. The summed E-state index contributed by atoms with van der Waals surface area (Å²) in [6.45, 7) is -1.07. The van der Waals surface area contributed by atoms with E-state index in [0.29, 0.717) is 41.8 Å². The van der Waals surface area contributed by atoms with Gasteiger partial charge in [0.25, 0.3) is 0 Å². The second kappa shape index (κ2) is 9.64. The van der Waals surface area contributed by atoms with Crippen molar-refractivity contribution in [1.29, 1.82) is 0 Å². The molecular formula is C28H22F2N2O3. The number of pyridine rings is 1. The van der Waals surface area contributed by atoms with Gasteiger partial charge in [0.2, 0.25) is 0 Å². The van der Waals surface area contributed by atoms with E-state index in [1.54, 1.807) is 30.3 Å². The van der Waals surface area contributed by atoms with Gasteiger partial charge in [-0.25, -0.2) is 4.98 Å². The fraction of sp³-hybridized carbons (Fsp3) is 0.143. The molecule has 35 heavy (non-hydrogen) atoms. The maximum absolute atomic E-state index is 12.5. The number of benzene rings is 3. The van der Waals surface area contributed by atoms with Gasteiger partial charge < -0.3 is 19.5 Å². The number of hydrogen-bond acceptors (Lipinski definition) is 4. The van der Waals surface area contributed by atoms with Crippen LogP contribution in [0.2, 0.25) is 0 Å². The van der Waals surface area contributed by atoms with Crippen molar-refractivity contribution in [3.05, 3.63) is 107 Å². The lowest BCUT2D eigenvalue weighted by Crippen LogP contribution is -3.10. The molecule has 0 amide bonds. The van der Waals surface area contributed by atoms with Crippen LogP contribution in [0.1, 0.15) is 32.7 Å². The molecule has 0 aliphatic carbocycles. The minimum atomic E-state index is -2.89. The first-order chi connectivity index (χ1) is 17.0. The second-order valence-corrected chi connectivity index (χ2v) is 8.50. The highest BCUT2D eigenvalue weighted by Gasteiger charge is 2.29. The molecule has 0 bridgehead atoms. The van der Waals surface area contributed by atoms with E-state index in [1.165, 1.54) is 12.1 Å². The van der Waals surface area contributed by atoms with Gasteiger partial charge in [-0.2, -0.15) is 8.78 Å². The van der Waals surface area contributed by atoms with E-state index in [0.717, 1.165) is 21.6 Å². The third-order valence-corrected chi connectivity index (χ3v) is 6.11. The first-order valence-corrected chi connectivity index (χ1v) is 11.2. The molecule has 176 valence electrons. The summed E-state index contributed by atoms with van der Waals surface area (Å²) in [5.74, 6) is -1.15. The van der Waals surface area contributed by atoms with Gasteiger partial charge in [0.1, 0.15) is 25.4 Å². The molecule has 0 spiro atoms. The van der Waals surface area contributed by atoms with Gasteiger partial charge in [-0.1, -0.05) is 60.7 Å². The summed E-state index contributed by atoms with van der Waals surface area (Å²) in [6.07, 6.45) is 1.93. The number of para-hydroxylation sites is 1. The predicted molar refractivity (Wildman–Crippen MR) is 127 cm³/mol. The van der Waals surface area contributed by atoms with E-state index in [9.17, 15) is 18.7 Å². The number of hydrogen-bond donors (Lipinski definition) is 1. The Morgan fingerprint density at radius 2 is 1.71 bits per heavy atom. The minimum Gasteiger partial charge on any atom is -0.545 e. The fourth-order valence-electron chi connectivity index (χ4n) is 4.66. The quantitative estimate of drug-likeness (QED) is 0.468. The number of alkyl halides is 2. The summed E-state index contributed by atoms with van der Waals surface area (Å²) in [5, 5.41) is 12.9. The molecule has 5 nitrogen and oxygen atoms in total. The zero-order valence-electron chi connectivity index (χ0n) is 18.7. The van der Waals surface area contributed by atoms with Crippen LogP contribution in [0.4, 0.5) is 8.78 Å². The Kier molecular flexibility index (Phi) is 6.25. The number of aromatic carboxylic acids is 1. The number of ether oxygens (including phenoxy) is 1. The van der Waals surface area contributed by atoms with Gasteiger partial charge in [-0.05, 0) is 29.8 Å². The van der Waals surface area contributed by atoms with Crippen molar-refractivity contribution in [3.8, 4) is 5.75 Å². The molecule has 4 aromatic rings. The van der Waals surface area contributed by atoms with Crippen molar-refractivity contribution in [1.82, 2.24) is 4.98 Å². The Labute approximate surface area is 200 Å². The van der Waals surface area contributed by atoms with Crippen LogP contribution in [-0.4, -0.2) is 24.1 Å². The summed E-state index contributed by atoms with van der Waals surface area (Å²) in [6, 6.07) is 23.5. The molecule has 0 saturated carbocycles. The number of nitrogens with one attached hydrogen (secondary N) is 1.